The first kappa shape index (κ1) is 13.1. The molecule has 0 bridgehead atoms. The fourth-order valence-electron chi connectivity index (χ4n) is 2.28. The molecule has 1 aliphatic rings. The van der Waals surface area contributed by atoms with Crippen LogP contribution in [0, 0.1) is 0 Å². The van der Waals surface area contributed by atoms with Gasteiger partial charge in [0.25, 0.3) is 5.91 Å². The lowest BCUT2D eigenvalue weighted by atomic mass is 10.2. The number of nitrogens with zero attached hydrogens (tertiary/aromatic N) is 1. The number of morpholine rings is 1. The molecule has 3 rings (SSSR count). The van der Waals surface area contributed by atoms with Crippen LogP contribution < -0.4 is 0 Å². The van der Waals surface area contributed by atoms with Gasteiger partial charge in [0.15, 0.2) is 6.04 Å². The molecule has 1 saturated heterocycles. The Bertz CT molecular complexity index is 633. The Morgan fingerprint density at radius 3 is 2.90 bits per heavy atom. The van der Waals surface area contributed by atoms with Crippen LogP contribution in [0.5, 0.6) is 0 Å². The van der Waals surface area contributed by atoms with E-state index in [0.29, 0.717) is 18.0 Å². The van der Waals surface area contributed by atoms with Crippen LogP contribution in [-0.4, -0.2) is 47.7 Å². The minimum Gasteiger partial charge on any atom is -0.480 e. The zero-order valence-electron chi connectivity index (χ0n) is 10.6. The molecule has 1 atom stereocenters. The summed E-state index contributed by atoms with van der Waals surface area (Å²) in [5, 5.41) is 10.2. The van der Waals surface area contributed by atoms with Gasteiger partial charge in [-0.2, -0.15) is 0 Å². The Morgan fingerprint density at radius 2 is 2.15 bits per heavy atom. The van der Waals surface area contributed by atoms with Crippen molar-refractivity contribution in [2.75, 3.05) is 19.8 Å². The molecule has 5 nitrogen and oxygen atoms in total. The zero-order valence-corrected chi connectivity index (χ0v) is 11.4. The number of hydrogen-bond donors (Lipinski definition) is 1. The molecule has 1 aromatic heterocycles. The maximum Gasteiger partial charge on any atom is 0.328 e. The fraction of sp³-hybridized carbons (Fsp3) is 0.286. The highest BCUT2D eigenvalue weighted by Crippen LogP contribution is 2.27. The molecule has 0 unspecified atom stereocenters. The average molecular weight is 291 g/mol. The molecule has 0 radical (unpaired) electrons. The highest BCUT2D eigenvalue weighted by Gasteiger charge is 2.33. The van der Waals surface area contributed by atoms with E-state index in [1.807, 2.05) is 30.3 Å². The normalized spacial score (nSPS) is 19.2. The molecule has 1 fully saturated rings. The van der Waals surface area contributed by atoms with Gasteiger partial charge in [0.2, 0.25) is 0 Å². The van der Waals surface area contributed by atoms with E-state index in [2.05, 4.69) is 0 Å². The molecule has 20 heavy (non-hydrogen) atoms. The third kappa shape index (κ3) is 2.28. The van der Waals surface area contributed by atoms with Gasteiger partial charge in [-0.1, -0.05) is 18.2 Å². The lowest BCUT2D eigenvalue weighted by Gasteiger charge is -2.32. The fourth-order valence-corrected chi connectivity index (χ4v) is 3.30. The number of carbonyl (C=O) groups is 2. The van der Waals surface area contributed by atoms with Crippen molar-refractivity contribution in [2.45, 2.75) is 6.04 Å². The van der Waals surface area contributed by atoms with Crippen molar-refractivity contribution in [3.63, 3.8) is 0 Å². The van der Waals surface area contributed by atoms with Gasteiger partial charge >= 0.3 is 5.97 Å². The highest BCUT2D eigenvalue weighted by atomic mass is 32.1. The molecule has 0 saturated carbocycles. The van der Waals surface area contributed by atoms with Gasteiger partial charge in [0.05, 0.1) is 18.1 Å². The van der Waals surface area contributed by atoms with Crippen LogP contribution in [-0.2, 0) is 9.53 Å². The van der Waals surface area contributed by atoms with E-state index in [-0.39, 0.29) is 12.5 Å². The van der Waals surface area contributed by atoms with Gasteiger partial charge in [0, 0.05) is 11.2 Å². The van der Waals surface area contributed by atoms with Crippen molar-refractivity contribution in [2.24, 2.45) is 0 Å². The van der Waals surface area contributed by atoms with Crippen LogP contribution in [0.4, 0.5) is 0 Å². The zero-order chi connectivity index (χ0) is 14.1. The van der Waals surface area contributed by atoms with E-state index in [0.717, 1.165) is 10.1 Å². The minimum absolute atomic E-state index is 0.0476. The summed E-state index contributed by atoms with van der Waals surface area (Å²) in [6.45, 7) is 0.733. The Hall–Kier alpha value is -1.92. The third-order valence-electron chi connectivity index (χ3n) is 3.31. The molecule has 0 aliphatic carbocycles. The van der Waals surface area contributed by atoms with Gasteiger partial charge in [-0.3, -0.25) is 4.79 Å². The predicted molar refractivity (Wildman–Crippen MR) is 75.1 cm³/mol. The third-order valence-corrected chi connectivity index (χ3v) is 4.41. The lowest BCUT2D eigenvalue weighted by molar-refractivity contribution is -0.147. The topological polar surface area (TPSA) is 66.8 Å². The monoisotopic (exact) mass is 291 g/mol. The molecular formula is C14H13NO4S. The van der Waals surface area contributed by atoms with E-state index in [9.17, 15) is 14.7 Å². The summed E-state index contributed by atoms with van der Waals surface area (Å²) in [5.41, 5.74) is 0. The van der Waals surface area contributed by atoms with Crippen LogP contribution in [0.1, 0.15) is 9.67 Å². The van der Waals surface area contributed by atoms with Crippen LogP contribution in [0.15, 0.2) is 30.3 Å². The number of ether oxygens (including phenoxy) is 1. The van der Waals surface area contributed by atoms with Crippen LogP contribution >= 0.6 is 11.3 Å². The molecule has 1 N–H and O–H groups in total. The summed E-state index contributed by atoms with van der Waals surface area (Å²) in [5.74, 6) is -1.26. The van der Waals surface area contributed by atoms with E-state index in [1.165, 1.54) is 16.2 Å². The molecular weight excluding hydrogens is 278 g/mol. The molecule has 104 valence electrons. The second kappa shape index (κ2) is 5.22. The number of benzene rings is 1. The number of fused-ring (bicyclic) bond motifs is 1. The molecule has 6 heteroatoms. The van der Waals surface area contributed by atoms with Crippen molar-refractivity contribution in [1.29, 1.82) is 0 Å². The van der Waals surface area contributed by atoms with Crippen molar-refractivity contribution < 1.29 is 19.4 Å². The first-order valence-electron chi connectivity index (χ1n) is 6.27. The molecule has 2 aromatic rings. The van der Waals surface area contributed by atoms with Crippen molar-refractivity contribution in [3.8, 4) is 0 Å². The average Bonchev–Trinajstić information content (AvgIpc) is 2.90. The number of carbonyl (C=O) groups excluding carboxylic acids is 1. The van der Waals surface area contributed by atoms with E-state index < -0.39 is 12.0 Å². The summed E-state index contributed by atoms with van der Waals surface area (Å²) in [6, 6.07) is 8.64. The summed E-state index contributed by atoms with van der Waals surface area (Å²) in [7, 11) is 0. The Balaban J connectivity index is 1.92. The highest BCUT2D eigenvalue weighted by molar-refractivity contribution is 7.20. The van der Waals surface area contributed by atoms with E-state index >= 15 is 0 Å². The second-order valence-electron chi connectivity index (χ2n) is 4.58. The maximum atomic E-state index is 12.5. The van der Waals surface area contributed by atoms with Gasteiger partial charge in [-0.25, -0.2) is 4.79 Å². The smallest absolute Gasteiger partial charge is 0.328 e. The molecule has 1 amide bonds. The Morgan fingerprint density at radius 1 is 1.35 bits per heavy atom. The van der Waals surface area contributed by atoms with Crippen molar-refractivity contribution in [3.05, 3.63) is 35.2 Å². The van der Waals surface area contributed by atoms with Crippen molar-refractivity contribution in [1.82, 2.24) is 4.90 Å². The number of carboxylic acid groups (broad SMARTS) is 1. The largest absolute Gasteiger partial charge is 0.480 e. The lowest BCUT2D eigenvalue weighted by Crippen LogP contribution is -2.52. The summed E-state index contributed by atoms with van der Waals surface area (Å²) in [6.07, 6.45) is 0. The Kier molecular flexibility index (Phi) is 3.42. The first-order chi connectivity index (χ1) is 9.66. The standard InChI is InChI=1S/C14H13NO4S/c16-13(15-5-6-19-8-10(15)14(17)18)12-7-9-3-1-2-4-11(9)20-12/h1-4,7,10H,5-6,8H2,(H,17,18)/t10-/m1/s1. The first-order valence-corrected chi connectivity index (χ1v) is 7.08. The van der Waals surface area contributed by atoms with E-state index in [1.54, 1.807) is 0 Å². The quantitative estimate of drug-likeness (QED) is 0.916. The number of rotatable bonds is 2. The maximum absolute atomic E-state index is 12.5. The second-order valence-corrected chi connectivity index (χ2v) is 5.66. The van der Waals surface area contributed by atoms with Gasteiger partial charge in [-0.15, -0.1) is 11.3 Å². The number of thiophene rings is 1. The number of amides is 1. The minimum atomic E-state index is -1.03. The predicted octanol–water partition coefficient (Wildman–Crippen LogP) is 1.83. The number of carboxylic acids is 1. The summed E-state index contributed by atoms with van der Waals surface area (Å²) >= 11 is 1.39. The van der Waals surface area contributed by atoms with Crippen LogP contribution in [0.25, 0.3) is 10.1 Å². The molecule has 1 aromatic carbocycles. The molecule has 1 aliphatic heterocycles. The van der Waals surface area contributed by atoms with Gasteiger partial charge < -0.3 is 14.7 Å². The van der Waals surface area contributed by atoms with Crippen LogP contribution in [0.2, 0.25) is 0 Å². The SMILES string of the molecule is O=C(O)[C@H]1COCCN1C(=O)c1cc2ccccc2s1. The van der Waals surface area contributed by atoms with Gasteiger partial charge in [-0.05, 0) is 17.5 Å². The number of hydrogen-bond acceptors (Lipinski definition) is 4. The van der Waals surface area contributed by atoms with Gasteiger partial charge in [0.1, 0.15) is 0 Å². The van der Waals surface area contributed by atoms with Crippen molar-refractivity contribution >= 4 is 33.3 Å². The summed E-state index contributed by atoms with van der Waals surface area (Å²) < 4.78 is 6.17. The Labute approximate surface area is 119 Å². The summed E-state index contributed by atoms with van der Waals surface area (Å²) in [4.78, 5) is 25.7. The van der Waals surface area contributed by atoms with E-state index in [4.69, 9.17) is 4.74 Å². The molecule has 2 heterocycles. The molecule has 0 spiro atoms. The van der Waals surface area contributed by atoms with Crippen LogP contribution in [0.3, 0.4) is 0 Å². The number of aliphatic carboxylic acids is 1.